The fraction of sp³-hybridized carbons (Fsp3) is 0. The molecule has 0 bridgehead atoms. The molecule has 0 aliphatic heterocycles. The highest BCUT2D eigenvalue weighted by Gasteiger charge is 2.01. The number of aromatic nitrogens is 1. The molecule has 0 fully saturated rings. The van der Waals surface area contributed by atoms with Gasteiger partial charge < -0.3 is 10.2 Å². The number of nitrogen functional groups attached to an aromatic ring is 1. The van der Waals surface area contributed by atoms with Crippen molar-refractivity contribution in [3.05, 3.63) is 23.5 Å². The molecule has 4 heteroatoms. The van der Waals surface area contributed by atoms with Gasteiger partial charge in [0.1, 0.15) is 5.52 Å². The molecular weight excluding hydrogens is 164 g/mol. The smallest absolute Gasteiger partial charge is 0.293 e. The maximum Gasteiger partial charge on any atom is 0.293 e. The van der Waals surface area contributed by atoms with E-state index in [0.29, 0.717) is 11.3 Å². The monoisotopic (exact) mass is 168 g/mol. The van der Waals surface area contributed by atoms with E-state index in [1.807, 2.05) is 0 Å². The SMILES string of the molecule is Nc1ccc2nc(Cl)oc2c1. The van der Waals surface area contributed by atoms with Crippen LogP contribution in [-0.2, 0) is 0 Å². The average molecular weight is 169 g/mol. The second-order valence-electron chi connectivity index (χ2n) is 2.19. The fourth-order valence-corrected chi connectivity index (χ4v) is 1.09. The van der Waals surface area contributed by atoms with Gasteiger partial charge in [0, 0.05) is 11.8 Å². The van der Waals surface area contributed by atoms with Crippen molar-refractivity contribution in [2.45, 2.75) is 0 Å². The zero-order valence-corrected chi connectivity index (χ0v) is 6.30. The van der Waals surface area contributed by atoms with Gasteiger partial charge in [-0.1, -0.05) is 0 Å². The standard InChI is InChI=1S/C7H5ClN2O/c8-7-10-5-2-1-4(9)3-6(5)11-7/h1-3H,9H2. The van der Waals surface area contributed by atoms with Crippen molar-refractivity contribution in [2.24, 2.45) is 0 Å². The second-order valence-corrected chi connectivity index (χ2v) is 2.52. The topological polar surface area (TPSA) is 52.0 Å². The Morgan fingerprint density at radius 3 is 3.09 bits per heavy atom. The molecule has 0 atom stereocenters. The largest absolute Gasteiger partial charge is 0.427 e. The predicted octanol–water partition coefficient (Wildman–Crippen LogP) is 2.06. The maximum atomic E-state index is 5.52. The Labute approximate surface area is 67.8 Å². The molecule has 0 saturated heterocycles. The van der Waals surface area contributed by atoms with E-state index in [1.54, 1.807) is 18.2 Å². The lowest BCUT2D eigenvalue weighted by atomic mass is 10.3. The molecule has 2 rings (SSSR count). The van der Waals surface area contributed by atoms with Gasteiger partial charge in [-0.15, -0.1) is 0 Å². The number of hydrogen-bond acceptors (Lipinski definition) is 3. The van der Waals surface area contributed by atoms with Crippen molar-refractivity contribution in [1.29, 1.82) is 0 Å². The first-order chi connectivity index (χ1) is 5.25. The van der Waals surface area contributed by atoms with Gasteiger partial charge in [0.15, 0.2) is 5.58 Å². The van der Waals surface area contributed by atoms with Crippen LogP contribution in [0.15, 0.2) is 22.6 Å². The van der Waals surface area contributed by atoms with E-state index in [-0.39, 0.29) is 5.35 Å². The minimum Gasteiger partial charge on any atom is -0.427 e. The summed E-state index contributed by atoms with van der Waals surface area (Å²) in [6, 6.07) is 5.20. The summed E-state index contributed by atoms with van der Waals surface area (Å²) in [6.07, 6.45) is 0. The lowest BCUT2D eigenvalue weighted by Crippen LogP contribution is -1.81. The fourth-order valence-electron chi connectivity index (χ4n) is 0.913. The molecule has 1 heterocycles. The molecule has 0 unspecified atom stereocenters. The highest BCUT2D eigenvalue weighted by atomic mass is 35.5. The Kier molecular flexibility index (Phi) is 1.26. The van der Waals surface area contributed by atoms with Crippen molar-refractivity contribution in [3.8, 4) is 0 Å². The van der Waals surface area contributed by atoms with Crippen molar-refractivity contribution in [1.82, 2.24) is 4.98 Å². The molecule has 1 aromatic carbocycles. The molecule has 0 saturated carbocycles. The van der Waals surface area contributed by atoms with Crippen molar-refractivity contribution in [2.75, 3.05) is 5.73 Å². The minimum absolute atomic E-state index is 0.144. The molecule has 0 aliphatic carbocycles. The number of rotatable bonds is 0. The van der Waals surface area contributed by atoms with Crippen LogP contribution in [0.1, 0.15) is 0 Å². The van der Waals surface area contributed by atoms with Gasteiger partial charge in [0.25, 0.3) is 5.35 Å². The number of halogens is 1. The van der Waals surface area contributed by atoms with E-state index in [9.17, 15) is 0 Å². The summed E-state index contributed by atoms with van der Waals surface area (Å²) in [5, 5.41) is 0.144. The molecule has 1 aromatic heterocycles. The van der Waals surface area contributed by atoms with Gasteiger partial charge in [0.2, 0.25) is 0 Å². The number of fused-ring (bicyclic) bond motifs is 1. The van der Waals surface area contributed by atoms with Crippen LogP contribution in [0.3, 0.4) is 0 Å². The molecule has 2 N–H and O–H groups in total. The van der Waals surface area contributed by atoms with E-state index in [1.165, 1.54) is 0 Å². The van der Waals surface area contributed by atoms with Gasteiger partial charge in [-0.05, 0) is 23.7 Å². The summed E-state index contributed by atoms with van der Waals surface area (Å²) in [5.74, 6) is 0. The molecule has 0 amide bonds. The van der Waals surface area contributed by atoms with Crippen LogP contribution >= 0.6 is 11.6 Å². The van der Waals surface area contributed by atoms with E-state index >= 15 is 0 Å². The summed E-state index contributed by atoms with van der Waals surface area (Å²) in [4.78, 5) is 3.90. The van der Waals surface area contributed by atoms with E-state index in [0.717, 1.165) is 5.52 Å². The number of anilines is 1. The molecule has 0 aliphatic rings. The highest BCUT2D eigenvalue weighted by molar-refractivity contribution is 6.28. The number of nitrogens with zero attached hydrogens (tertiary/aromatic N) is 1. The van der Waals surface area contributed by atoms with Crippen LogP contribution in [0.5, 0.6) is 0 Å². The molecule has 0 spiro atoms. The summed E-state index contributed by atoms with van der Waals surface area (Å²) in [5.41, 5.74) is 7.49. The van der Waals surface area contributed by atoms with Crippen LogP contribution < -0.4 is 5.73 Å². The number of hydrogen-bond donors (Lipinski definition) is 1. The van der Waals surface area contributed by atoms with Gasteiger partial charge in [-0.25, -0.2) is 0 Å². The lowest BCUT2D eigenvalue weighted by molar-refractivity contribution is 0.605. The molecule has 3 nitrogen and oxygen atoms in total. The van der Waals surface area contributed by atoms with Crippen molar-refractivity contribution >= 4 is 28.4 Å². The summed E-state index contributed by atoms with van der Waals surface area (Å²) in [7, 11) is 0. The third-order valence-corrected chi connectivity index (χ3v) is 1.55. The Bertz CT molecular complexity index is 396. The van der Waals surface area contributed by atoms with Crippen LogP contribution in [0.2, 0.25) is 5.35 Å². The van der Waals surface area contributed by atoms with Gasteiger partial charge in [-0.3, -0.25) is 0 Å². The van der Waals surface area contributed by atoms with Crippen LogP contribution in [0, 0.1) is 0 Å². The molecule has 11 heavy (non-hydrogen) atoms. The normalized spacial score (nSPS) is 10.6. The van der Waals surface area contributed by atoms with Crippen LogP contribution in [-0.4, -0.2) is 4.98 Å². The third-order valence-electron chi connectivity index (χ3n) is 1.39. The first-order valence-corrected chi connectivity index (χ1v) is 3.45. The Morgan fingerprint density at radius 1 is 1.45 bits per heavy atom. The zero-order chi connectivity index (χ0) is 7.84. The van der Waals surface area contributed by atoms with E-state index in [4.69, 9.17) is 21.8 Å². The third kappa shape index (κ3) is 1.03. The lowest BCUT2D eigenvalue weighted by Gasteiger charge is -1.88. The minimum atomic E-state index is 0.144. The van der Waals surface area contributed by atoms with Crippen molar-refractivity contribution < 1.29 is 4.42 Å². The van der Waals surface area contributed by atoms with Crippen LogP contribution in [0.4, 0.5) is 5.69 Å². The van der Waals surface area contributed by atoms with Crippen molar-refractivity contribution in [3.63, 3.8) is 0 Å². The maximum absolute atomic E-state index is 5.52. The first-order valence-electron chi connectivity index (χ1n) is 3.07. The molecule has 0 radical (unpaired) electrons. The second kappa shape index (κ2) is 2.13. The Hall–Kier alpha value is -1.22. The number of nitrogens with two attached hydrogens (primary N) is 1. The summed E-state index contributed by atoms with van der Waals surface area (Å²) >= 11 is 5.52. The Balaban J connectivity index is 2.82. The molecular formula is C7H5ClN2O. The molecule has 56 valence electrons. The summed E-state index contributed by atoms with van der Waals surface area (Å²) < 4.78 is 5.02. The van der Waals surface area contributed by atoms with E-state index < -0.39 is 0 Å². The predicted molar refractivity (Wildman–Crippen MR) is 43.4 cm³/mol. The quantitative estimate of drug-likeness (QED) is 0.613. The number of oxazole rings is 1. The highest BCUT2D eigenvalue weighted by Crippen LogP contribution is 2.20. The average Bonchev–Trinajstić information content (AvgIpc) is 2.27. The zero-order valence-electron chi connectivity index (χ0n) is 5.54. The first kappa shape index (κ1) is 6.49. The Morgan fingerprint density at radius 2 is 2.27 bits per heavy atom. The van der Waals surface area contributed by atoms with Gasteiger partial charge in [-0.2, -0.15) is 4.98 Å². The van der Waals surface area contributed by atoms with E-state index in [2.05, 4.69) is 4.98 Å². The number of benzene rings is 1. The van der Waals surface area contributed by atoms with Gasteiger partial charge >= 0.3 is 0 Å². The summed E-state index contributed by atoms with van der Waals surface area (Å²) in [6.45, 7) is 0. The van der Waals surface area contributed by atoms with Gasteiger partial charge in [0.05, 0.1) is 0 Å². The molecule has 2 aromatic rings. The van der Waals surface area contributed by atoms with Crippen LogP contribution in [0.25, 0.3) is 11.1 Å².